The molecule has 4 aromatic rings. The molecule has 31 heavy (non-hydrogen) atoms. The van der Waals surface area contributed by atoms with Gasteiger partial charge >= 0.3 is 0 Å². The maximum atomic E-state index is 6.62. The zero-order chi connectivity index (χ0) is 20.7. The van der Waals surface area contributed by atoms with Crippen molar-refractivity contribution in [2.45, 2.75) is 19.2 Å². The standard InChI is InChI=1S/C28H28OP.ClH/c1-24(29-23-22-25-14-6-2-7-15-25)30(26-16-8-3-9-17-26,27-18-10-4-11-19-27)28-20-12-5-13-21-28;/h2-21,24H,22-23H2,1H3;1H/q+1;/p-1. The maximum Gasteiger partial charge on any atom is 0.178 e. The molecule has 0 aliphatic heterocycles. The highest BCUT2D eigenvalue weighted by Crippen LogP contribution is 2.59. The first-order valence-corrected chi connectivity index (χ1v) is 12.4. The van der Waals surface area contributed by atoms with E-state index in [4.69, 9.17) is 4.74 Å². The van der Waals surface area contributed by atoms with Crippen LogP contribution in [0.2, 0.25) is 0 Å². The van der Waals surface area contributed by atoms with E-state index in [-0.39, 0.29) is 18.3 Å². The highest BCUT2D eigenvalue weighted by Gasteiger charge is 2.51. The van der Waals surface area contributed by atoms with Crippen molar-refractivity contribution in [2.75, 3.05) is 6.61 Å². The summed E-state index contributed by atoms with van der Waals surface area (Å²) in [6.45, 7) is 2.96. The quantitative estimate of drug-likeness (QED) is 0.378. The molecule has 0 fully saturated rings. The van der Waals surface area contributed by atoms with Crippen LogP contribution >= 0.6 is 7.26 Å². The van der Waals surface area contributed by atoms with Crippen LogP contribution in [0, 0.1) is 0 Å². The molecule has 0 heterocycles. The number of ether oxygens (including phenoxy) is 1. The third-order valence-corrected chi connectivity index (χ3v) is 10.2. The van der Waals surface area contributed by atoms with Crippen molar-refractivity contribution in [2.24, 2.45) is 0 Å². The second-order valence-corrected chi connectivity index (χ2v) is 11.2. The summed E-state index contributed by atoms with van der Waals surface area (Å²) < 4.78 is 6.62. The van der Waals surface area contributed by atoms with E-state index in [9.17, 15) is 0 Å². The average Bonchev–Trinajstić information content (AvgIpc) is 2.82. The van der Waals surface area contributed by atoms with Crippen molar-refractivity contribution in [1.82, 2.24) is 0 Å². The van der Waals surface area contributed by atoms with Crippen LogP contribution in [0.1, 0.15) is 12.5 Å². The number of benzene rings is 4. The lowest BCUT2D eigenvalue weighted by Gasteiger charge is -2.32. The zero-order valence-electron chi connectivity index (χ0n) is 17.8. The molecular weight excluding hydrogens is 419 g/mol. The van der Waals surface area contributed by atoms with Crippen LogP contribution in [0.15, 0.2) is 121 Å². The smallest absolute Gasteiger partial charge is 0.178 e. The van der Waals surface area contributed by atoms with E-state index in [1.54, 1.807) is 0 Å². The van der Waals surface area contributed by atoms with Crippen LogP contribution in [0.3, 0.4) is 0 Å². The van der Waals surface area contributed by atoms with E-state index >= 15 is 0 Å². The number of halogens is 1. The van der Waals surface area contributed by atoms with E-state index < -0.39 is 7.26 Å². The molecule has 0 bridgehead atoms. The van der Waals surface area contributed by atoms with Crippen molar-refractivity contribution in [3.05, 3.63) is 127 Å². The summed E-state index contributed by atoms with van der Waals surface area (Å²) in [5.74, 6) is 0.0633. The van der Waals surface area contributed by atoms with E-state index in [1.807, 2.05) is 0 Å². The summed E-state index contributed by atoms with van der Waals surface area (Å²) >= 11 is 0. The topological polar surface area (TPSA) is 9.23 Å². The van der Waals surface area contributed by atoms with Gasteiger partial charge in [-0.15, -0.1) is 0 Å². The lowest BCUT2D eigenvalue weighted by atomic mass is 10.2. The van der Waals surface area contributed by atoms with Gasteiger partial charge in [0, 0.05) is 0 Å². The molecule has 4 rings (SSSR count). The first kappa shape index (κ1) is 23.2. The molecule has 1 unspecified atom stereocenters. The molecule has 0 aliphatic rings. The van der Waals surface area contributed by atoms with E-state index in [0.717, 1.165) is 6.42 Å². The minimum absolute atomic E-state index is 0. The molecule has 0 spiro atoms. The second kappa shape index (κ2) is 11.3. The van der Waals surface area contributed by atoms with Crippen LogP contribution in [-0.2, 0) is 11.2 Å². The van der Waals surface area contributed by atoms with E-state index in [1.165, 1.54) is 21.5 Å². The first-order chi connectivity index (χ1) is 14.8. The van der Waals surface area contributed by atoms with Crippen molar-refractivity contribution < 1.29 is 17.1 Å². The zero-order valence-corrected chi connectivity index (χ0v) is 19.4. The van der Waals surface area contributed by atoms with Crippen molar-refractivity contribution in [3.63, 3.8) is 0 Å². The molecule has 1 atom stereocenters. The summed E-state index contributed by atoms with van der Waals surface area (Å²) in [5, 5.41) is 4.07. The Hall–Kier alpha value is -2.44. The minimum atomic E-state index is -1.99. The van der Waals surface area contributed by atoms with Gasteiger partial charge in [0.25, 0.3) is 0 Å². The molecule has 4 aromatic carbocycles. The monoisotopic (exact) mass is 446 g/mol. The molecule has 3 heteroatoms. The van der Waals surface area contributed by atoms with Gasteiger partial charge in [-0.2, -0.15) is 0 Å². The van der Waals surface area contributed by atoms with Crippen molar-refractivity contribution >= 4 is 23.2 Å². The molecule has 0 amide bonds. The highest BCUT2D eigenvalue weighted by molar-refractivity contribution is 7.96. The average molecular weight is 447 g/mol. The summed E-state index contributed by atoms with van der Waals surface area (Å²) in [6, 6.07) is 43.3. The lowest BCUT2D eigenvalue weighted by Crippen LogP contribution is -3.00. The number of rotatable bonds is 8. The van der Waals surface area contributed by atoms with E-state index in [0.29, 0.717) is 6.61 Å². The Morgan fingerprint density at radius 3 is 1.32 bits per heavy atom. The van der Waals surface area contributed by atoms with Gasteiger partial charge in [0.15, 0.2) is 5.85 Å². The molecule has 0 radical (unpaired) electrons. The predicted molar refractivity (Wildman–Crippen MR) is 131 cm³/mol. The Morgan fingerprint density at radius 2 is 0.935 bits per heavy atom. The molecule has 0 saturated heterocycles. The fourth-order valence-corrected chi connectivity index (χ4v) is 8.58. The summed E-state index contributed by atoms with van der Waals surface area (Å²) in [5.41, 5.74) is 1.31. The number of hydrogen-bond donors (Lipinski definition) is 0. The molecule has 1 nitrogen and oxygen atoms in total. The van der Waals surface area contributed by atoms with Gasteiger partial charge < -0.3 is 17.1 Å². The van der Waals surface area contributed by atoms with Gasteiger partial charge in [-0.05, 0) is 55.3 Å². The fraction of sp³-hybridized carbons (Fsp3) is 0.143. The maximum absolute atomic E-state index is 6.62. The fourth-order valence-electron chi connectivity index (χ4n) is 4.17. The second-order valence-electron chi connectivity index (χ2n) is 7.44. The normalized spacial score (nSPS) is 12.0. The van der Waals surface area contributed by atoms with E-state index in [2.05, 4.69) is 128 Å². The molecule has 0 aliphatic carbocycles. The lowest BCUT2D eigenvalue weighted by molar-refractivity contribution is -0.00000701. The minimum Gasteiger partial charge on any atom is -1.00 e. The van der Waals surface area contributed by atoms with Gasteiger partial charge in [0.1, 0.15) is 23.2 Å². The molecular formula is C28H28ClOP. The van der Waals surface area contributed by atoms with Crippen molar-refractivity contribution in [1.29, 1.82) is 0 Å². The molecule has 0 aromatic heterocycles. The Bertz CT molecular complexity index is 927. The largest absolute Gasteiger partial charge is 1.00 e. The molecule has 0 N–H and O–H groups in total. The Balaban J connectivity index is 0.00000272. The third-order valence-electron chi connectivity index (χ3n) is 5.63. The summed E-state index contributed by atoms with van der Waals surface area (Å²) in [4.78, 5) is 0. The number of hydrogen-bond acceptors (Lipinski definition) is 1. The Kier molecular flexibility index (Phi) is 8.43. The summed E-state index contributed by atoms with van der Waals surface area (Å²) in [7, 11) is -1.99. The van der Waals surface area contributed by atoms with Gasteiger partial charge in [-0.1, -0.05) is 84.9 Å². The van der Waals surface area contributed by atoms with Crippen molar-refractivity contribution in [3.8, 4) is 0 Å². The highest BCUT2D eigenvalue weighted by atomic mass is 35.5. The van der Waals surface area contributed by atoms with Crippen LogP contribution in [-0.4, -0.2) is 12.5 Å². The Morgan fingerprint density at radius 1 is 0.581 bits per heavy atom. The summed E-state index contributed by atoms with van der Waals surface area (Å²) in [6.07, 6.45) is 0.920. The molecule has 0 saturated carbocycles. The van der Waals surface area contributed by atoms with Crippen LogP contribution in [0.25, 0.3) is 0 Å². The van der Waals surface area contributed by atoms with Gasteiger partial charge in [-0.3, -0.25) is 0 Å². The predicted octanol–water partition coefficient (Wildman–Crippen LogP) is 2.59. The molecule has 158 valence electrons. The third kappa shape index (κ3) is 5.08. The van der Waals surface area contributed by atoms with Crippen LogP contribution in [0.4, 0.5) is 0 Å². The van der Waals surface area contributed by atoms with Gasteiger partial charge in [-0.25, -0.2) is 0 Å². The van der Waals surface area contributed by atoms with Crippen LogP contribution < -0.4 is 28.3 Å². The SMILES string of the molecule is CC(OCCc1ccccc1)[P+](c1ccccc1)(c1ccccc1)c1ccccc1.[Cl-]. The first-order valence-electron chi connectivity index (χ1n) is 10.5. The van der Waals surface area contributed by atoms with Gasteiger partial charge in [0.05, 0.1) is 6.61 Å². The Labute approximate surface area is 192 Å². The van der Waals surface area contributed by atoms with Gasteiger partial charge in [0.2, 0.25) is 0 Å². The van der Waals surface area contributed by atoms with Crippen LogP contribution in [0.5, 0.6) is 0 Å².